The Bertz CT molecular complexity index is 1210. The summed E-state index contributed by atoms with van der Waals surface area (Å²) < 4.78 is 29.6. The molecular weight excluding hydrogens is 434 g/mol. The van der Waals surface area contributed by atoms with Crippen LogP contribution in [-0.2, 0) is 27.8 Å². The number of hydrogen-bond acceptors (Lipinski definition) is 3. The molecule has 1 atom stereocenters. The summed E-state index contributed by atoms with van der Waals surface area (Å²) in [5.41, 5.74) is 3.21. The molecule has 0 aliphatic carbocycles. The molecule has 0 saturated carbocycles. The summed E-state index contributed by atoms with van der Waals surface area (Å²) in [6.45, 7) is 5.76. The van der Waals surface area contributed by atoms with Crippen LogP contribution in [0.4, 0.5) is 0 Å². The van der Waals surface area contributed by atoms with E-state index >= 15 is 0 Å². The molecule has 2 heterocycles. The van der Waals surface area contributed by atoms with E-state index in [0.29, 0.717) is 31.0 Å². The number of carbonyl (C=O) groups is 1. The number of carbonyl (C=O) groups excluding carboxylic acids is 1. The number of nitrogens with zero attached hydrogens (tertiary/aromatic N) is 2. The SMILES string of the molecule is CCc1ccc(CNC(=O)[C@@H](CC)n2ccc3cc(S(=O)(=O)N4CCCCC4)ccc32)cc1. The quantitative estimate of drug-likeness (QED) is 0.524. The van der Waals surface area contributed by atoms with E-state index in [-0.39, 0.29) is 11.9 Å². The number of aryl methyl sites for hydroxylation is 1. The van der Waals surface area contributed by atoms with Gasteiger partial charge in [0.25, 0.3) is 0 Å². The summed E-state index contributed by atoms with van der Waals surface area (Å²) in [5.74, 6) is -0.0421. The van der Waals surface area contributed by atoms with Crippen LogP contribution in [-0.4, -0.2) is 36.3 Å². The van der Waals surface area contributed by atoms with Crippen LogP contribution < -0.4 is 5.32 Å². The normalized spacial score (nSPS) is 16.1. The number of aromatic nitrogens is 1. The summed E-state index contributed by atoms with van der Waals surface area (Å²) in [5, 5.41) is 3.88. The highest BCUT2D eigenvalue weighted by molar-refractivity contribution is 7.89. The zero-order valence-electron chi connectivity index (χ0n) is 19.5. The summed E-state index contributed by atoms with van der Waals surface area (Å²) >= 11 is 0. The van der Waals surface area contributed by atoms with Crippen molar-refractivity contribution >= 4 is 26.8 Å². The van der Waals surface area contributed by atoms with E-state index in [2.05, 4.69) is 36.5 Å². The molecule has 176 valence electrons. The van der Waals surface area contributed by atoms with E-state index in [9.17, 15) is 13.2 Å². The standard InChI is InChI=1S/C26H33N3O3S/c1-3-20-8-10-21(11-9-20)19-27-26(30)24(4-2)29-17-14-22-18-23(12-13-25(22)29)33(31,32)28-15-6-5-7-16-28/h8-14,17-18,24H,3-7,15-16,19H2,1-2H3,(H,27,30)/t24-/m1/s1. The molecule has 1 aromatic heterocycles. The third-order valence-corrected chi connectivity index (χ3v) is 8.46. The Balaban J connectivity index is 1.52. The molecule has 1 amide bonds. The van der Waals surface area contributed by atoms with Crippen molar-refractivity contribution in [3.05, 3.63) is 65.9 Å². The number of fused-ring (bicyclic) bond motifs is 1. The molecule has 0 radical (unpaired) electrons. The van der Waals surface area contributed by atoms with Gasteiger partial charge in [-0.3, -0.25) is 4.79 Å². The Labute approximate surface area is 196 Å². The first kappa shape index (κ1) is 23.5. The molecule has 33 heavy (non-hydrogen) atoms. The van der Waals surface area contributed by atoms with Gasteiger partial charge in [-0.15, -0.1) is 0 Å². The van der Waals surface area contributed by atoms with Crippen LogP contribution >= 0.6 is 0 Å². The minimum atomic E-state index is -3.49. The van der Waals surface area contributed by atoms with Gasteiger partial charge < -0.3 is 9.88 Å². The molecular formula is C26H33N3O3S. The molecule has 1 saturated heterocycles. The van der Waals surface area contributed by atoms with Crippen molar-refractivity contribution in [2.24, 2.45) is 0 Å². The smallest absolute Gasteiger partial charge is 0.243 e. The number of amides is 1. The van der Waals surface area contributed by atoms with E-state index in [1.807, 2.05) is 29.8 Å². The summed E-state index contributed by atoms with van der Waals surface area (Å²) in [4.78, 5) is 13.3. The fraction of sp³-hybridized carbons (Fsp3) is 0.423. The lowest BCUT2D eigenvalue weighted by atomic mass is 10.1. The molecule has 1 aliphatic rings. The summed E-state index contributed by atoms with van der Waals surface area (Å²) in [6, 6.07) is 15.0. The summed E-state index contributed by atoms with van der Waals surface area (Å²) in [6.07, 6.45) is 6.41. The molecule has 7 heteroatoms. The number of benzene rings is 2. The molecule has 1 N–H and O–H groups in total. The van der Waals surface area contributed by atoms with E-state index in [0.717, 1.165) is 42.1 Å². The molecule has 3 aromatic rings. The number of nitrogens with one attached hydrogen (secondary N) is 1. The minimum absolute atomic E-state index is 0.0421. The molecule has 6 nitrogen and oxygen atoms in total. The third-order valence-electron chi connectivity index (χ3n) is 6.57. The minimum Gasteiger partial charge on any atom is -0.350 e. The lowest BCUT2D eigenvalue weighted by Crippen LogP contribution is -2.35. The molecule has 1 fully saturated rings. The summed E-state index contributed by atoms with van der Waals surface area (Å²) in [7, 11) is -3.49. The lowest BCUT2D eigenvalue weighted by molar-refractivity contribution is -0.124. The highest BCUT2D eigenvalue weighted by atomic mass is 32.2. The van der Waals surface area contributed by atoms with Crippen molar-refractivity contribution in [2.45, 2.75) is 63.4 Å². The van der Waals surface area contributed by atoms with Crippen molar-refractivity contribution in [3.8, 4) is 0 Å². The Hall–Kier alpha value is -2.64. The fourth-order valence-electron chi connectivity index (χ4n) is 4.54. The highest BCUT2D eigenvalue weighted by Crippen LogP contribution is 2.27. The van der Waals surface area contributed by atoms with Crippen LogP contribution in [0.15, 0.2) is 59.6 Å². The maximum absolute atomic E-state index is 13.1. The average molecular weight is 468 g/mol. The molecule has 4 rings (SSSR count). The zero-order chi connectivity index (χ0) is 23.4. The van der Waals surface area contributed by atoms with Gasteiger partial charge in [0.2, 0.25) is 15.9 Å². The second kappa shape index (κ2) is 10.1. The van der Waals surface area contributed by atoms with E-state index < -0.39 is 10.0 Å². The second-order valence-electron chi connectivity index (χ2n) is 8.72. The van der Waals surface area contributed by atoms with Crippen LogP contribution in [0.3, 0.4) is 0 Å². The maximum Gasteiger partial charge on any atom is 0.243 e. The first-order valence-corrected chi connectivity index (χ1v) is 13.3. The maximum atomic E-state index is 13.1. The molecule has 0 spiro atoms. The van der Waals surface area contributed by atoms with Crippen LogP contribution in [0.25, 0.3) is 10.9 Å². The van der Waals surface area contributed by atoms with Crippen molar-refractivity contribution < 1.29 is 13.2 Å². The Morgan fingerprint density at radius 1 is 0.970 bits per heavy atom. The van der Waals surface area contributed by atoms with Crippen molar-refractivity contribution in [2.75, 3.05) is 13.1 Å². The molecule has 0 bridgehead atoms. The van der Waals surface area contributed by atoms with Crippen LogP contribution in [0.2, 0.25) is 0 Å². The van der Waals surface area contributed by atoms with Gasteiger partial charge >= 0.3 is 0 Å². The van der Waals surface area contributed by atoms with Crippen LogP contribution in [0.1, 0.15) is 56.7 Å². The van der Waals surface area contributed by atoms with Gasteiger partial charge in [-0.25, -0.2) is 8.42 Å². The van der Waals surface area contributed by atoms with Gasteiger partial charge in [-0.2, -0.15) is 4.31 Å². The first-order chi connectivity index (χ1) is 15.9. The highest BCUT2D eigenvalue weighted by Gasteiger charge is 2.27. The zero-order valence-corrected chi connectivity index (χ0v) is 20.3. The van der Waals surface area contributed by atoms with Crippen molar-refractivity contribution in [3.63, 3.8) is 0 Å². The molecule has 1 aliphatic heterocycles. The largest absolute Gasteiger partial charge is 0.350 e. The number of piperidine rings is 1. The Morgan fingerprint density at radius 2 is 1.67 bits per heavy atom. The van der Waals surface area contributed by atoms with Gasteiger partial charge in [0.15, 0.2) is 0 Å². The topological polar surface area (TPSA) is 71.4 Å². The predicted octanol–water partition coefficient (Wildman–Crippen LogP) is 4.65. The Kier molecular flexibility index (Phi) is 7.20. The predicted molar refractivity (Wildman–Crippen MR) is 132 cm³/mol. The fourth-order valence-corrected chi connectivity index (χ4v) is 6.09. The first-order valence-electron chi connectivity index (χ1n) is 11.9. The third kappa shape index (κ3) is 4.99. The average Bonchev–Trinajstić information content (AvgIpc) is 3.27. The molecule has 0 unspecified atom stereocenters. The van der Waals surface area contributed by atoms with Gasteiger partial charge in [0, 0.05) is 36.7 Å². The van der Waals surface area contributed by atoms with Gasteiger partial charge in [0.05, 0.1) is 4.90 Å². The number of sulfonamides is 1. The van der Waals surface area contributed by atoms with Crippen LogP contribution in [0.5, 0.6) is 0 Å². The number of hydrogen-bond donors (Lipinski definition) is 1. The van der Waals surface area contributed by atoms with Gasteiger partial charge in [-0.05, 0) is 61.1 Å². The van der Waals surface area contributed by atoms with Gasteiger partial charge in [0.1, 0.15) is 6.04 Å². The van der Waals surface area contributed by atoms with Crippen molar-refractivity contribution in [1.82, 2.24) is 14.2 Å². The monoisotopic (exact) mass is 467 g/mol. The van der Waals surface area contributed by atoms with Crippen molar-refractivity contribution in [1.29, 1.82) is 0 Å². The molecule has 2 aromatic carbocycles. The lowest BCUT2D eigenvalue weighted by Gasteiger charge is -2.26. The van der Waals surface area contributed by atoms with E-state index in [4.69, 9.17) is 0 Å². The van der Waals surface area contributed by atoms with E-state index in [1.54, 1.807) is 16.4 Å². The Morgan fingerprint density at radius 3 is 2.33 bits per heavy atom. The number of rotatable bonds is 8. The van der Waals surface area contributed by atoms with Crippen LogP contribution in [0, 0.1) is 0 Å². The van der Waals surface area contributed by atoms with Gasteiger partial charge in [-0.1, -0.05) is 44.5 Å². The second-order valence-corrected chi connectivity index (χ2v) is 10.7. The van der Waals surface area contributed by atoms with E-state index in [1.165, 1.54) is 5.56 Å².